The van der Waals surface area contributed by atoms with Gasteiger partial charge in [0.15, 0.2) is 0 Å². The Labute approximate surface area is 111 Å². The Hall–Kier alpha value is -2.28. The number of pyridine rings is 1. The van der Waals surface area contributed by atoms with E-state index in [1.165, 1.54) is 37.4 Å². The van der Waals surface area contributed by atoms with E-state index in [-0.39, 0.29) is 11.1 Å². The summed E-state index contributed by atoms with van der Waals surface area (Å²) in [6, 6.07) is 7.45. The maximum absolute atomic E-state index is 13.8. The summed E-state index contributed by atoms with van der Waals surface area (Å²) < 4.78 is 26.9. The SMILES string of the molecule is CC.Cc1c(F)ccc(-c2cc(C#N)ccn2)c1F. The van der Waals surface area contributed by atoms with E-state index in [2.05, 4.69) is 4.98 Å². The van der Waals surface area contributed by atoms with Crippen LogP contribution in [0.15, 0.2) is 30.5 Å². The molecule has 0 aliphatic heterocycles. The van der Waals surface area contributed by atoms with Gasteiger partial charge in [-0.1, -0.05) is 13.8 Å². The first-order valence-corrected chi connectivity index (χ1v) is 5.94. The van der Waals surface area contributed by atoms with Gasteiger partial charge in [-0.3, -0.25) is 4.98 Å². The Morgan fingerprint density at radius 1 is 1.16 bits per heavy atom. The summed E-state index contributed by atoms with van der Waals surface area (Å²) in [5, 5.41) is 8.75. The second-order valence-electron chi connectivity index (χ2n) is 3.58. The molecule has 98 valence electrons. The molecule has 1 aromatic carbocycles. The number of aromatic nitrogens is 1. The highest BCUT2D eigenvalue weighted by molar-refractivity contribution is 5.62. The van der Waals surface area contributed by atoms with E-state index in [1.54, 1.807) is 0 Å². The summed E-state index contributed by atoms with van der Waals surface area (Å²) in [5.74, 6) is -1.24. The van der Waals surface area contributed by atoms with Crippen LogP contribution in [-0.2, 0) is 0 Å². The molecule has 0 bridgehead atoms. The van der Waals surface area contributed by atoms with Gasteiger partial charge in [-0.2, -0.15) is 5.26 Å². The number of hydrogen-bond donors (Lipinski definition) is 0. The van der Waals surface area contributed by atoms with Crippen LogP contribution in [0.2, 0.25) is 0 Å². The largest absolute Gasteiger partial charge is 0.256 e. The molecule has 2 aromatic rings. The van der Waals surface area contributed by atoms with E-state index >= 15 is 0 Å². The molecular formula is C15H14F2N2. The summed E-state index contributed by atoms with van der Waals surface area (Å²) in [6.07, 6.45) is 1.42. The van der Waals surface area contributed by atoms with Crippen LogP contribution in [0.3, 0.4) is 0 Å². The lowest BCUT2D eigenvalue weighted by Gasteiger charge is -2.06. The Morgan fingerprint density at radius 2 is 1.84 bits per heavy atom. The second-order valence-corrected chi connectivity index (χ2v) is 3.58. The van der Waals surface area contributed by atoms with Gasteiger partial charge in [0.05, 0.1) is 17.3 Å². The van der Waals surface area contributed by atoms with Gasteiger partial charge in [0.1, 0.15) is 11.6 Å². The number of nitrogens with zero attached hydrogens (tertiary/aromatic N) is 2. The third-order valence-electron chi connectivity index (χ3n) is 2.49. The van der Waals surface area contributed by atoms with Crippen molar-refractivity contribution in [2.24, 2.45) is 0 Å². The van der Waals surface area contributed by atoms with Crippen LogP contribution in [0, 0.1) is 29.9 Å². The molecule has 0 fully saturated rings. The molecule has 0 N–H and O–H groups in total. The van der Waals surface area contributed by atoms with Crippen LogP contribution < -0.4 is 0 Å². The van der Waals surface area contributed by atoms with Crippen molar-refractivity contribution in [3.8, 4) is 17.3 Å². The summed E-state index contributed by atoms with van der Waals surface area (Å²) in [4.78, 5) is 3.98. The molecule has 0 aliphatic rings. The molecule has 0 amide bonds. The highest BCUT2D eigenvalue weighted by atomic mass is 19.1. The Kier molecular flexibility index (Phi) is 5.13. The number of nitriles is 1. The van der Waals surface area contributed by atoms with Crippen LogP contribution >= 0.6 is 0 Å². The van der Waals surface area contributed by atoms with Crippen molar-refractivity contribution in [1.29, 1.82) is 5.26 Å². The molecule has 0 radical (unpaired) electrons. The lowest BCUT2D eigenvalue weighted by Crippen LogP contribution is -1.94. The quantitative estimate of drug-likeness (QED) is 0.769. The topological polar surface area (TPSA) is 36.7 Å². The van der Waals surface area contributed by atoms with Crippen LogP contribution in [0.5, 0.6) is 0 Å². The summed E-state index contributed by atoms with van der Waals surface area (Å²) in [7, 11) is 0. The number of hydrogen-bond acceptors (Lipinski definition) is 2. The zero-order valence-corrected chi connectivity index (χ0v) is 11.0. The van der Waals surface area contributed by atoms with Gasteiger partial charge < -0.3 is 0 Å². The standard InChI is InChI=1S/C13H8F2N2.C2H6/c1-8-11(14)3-2-10(13(8)15)12-6-9(7-16)4-5-17-12;1-2/h2-6H,1H3;1-2H3. The molecular weight excluding hydrogens is 246 g/mol. The second kappa shape index (κ2) is 6.60. The average Bonchev–Trinajstić information content (AvgIpc) is 2.47. The van der Waals surface area contributed by atoms with E-state index in [1.807, 2.05) is 19.9 Å². The predicted molar refractivity (Wildman–Crippen MR) is 70.4 cm³/mol. The average molecular weight is 260 g/mol. The van der Waals surface area contributed by atoms with Crippen molar-refractivity contribution < 1.29 is 8.78 Å². The minimum Gasteiger partial charge on any atom is -0.256 e. The fourth-order valence-corrected chi connectivity index (χ4v) is 1.51. The molecule has 1 aromatic heterocycles. The van der Waals surface area contributed by atoms with E-state index in [9.17, 15) is 8.78 Å². The molecule has 0 saturated carbocycles. The monoisotopic (exact) mass is 260 g/mol. The smallest absolute Gasteiger partial charge is 0.138 e. The Balaban J connectivity index is 0.000000861. The Morgan fingerprint density at radius 3 is 2.47 bits per heavy atom. The first kappa shape index (κ1) is 14.8. The van der Waals surface area contributed by atoms with Crippen molar-refractivity contribution in [3.63, 3.8) is 0 Å². The highest BCUT2D eigenvalue weighted by Crippen LogP contribution is 2.25. The van der Waals surface area contributed by atoms with Crippen molar-refractivity contribution in [2.75, 3.05) is 0 Å². The molecule has 0 unspecified atom stereocenters. The van der Waals surface area contributed by atoms with Gasteiger partial charge in [0.25, 0.3) is 0 Å². The van der Waals surface area contributed by atoms with Crippen LogP contribution in [0.1, 0.15) is 25.0 Å². The van der Waals surface area contributed by atoms with Crippen LogP contribution in [0.4, 0.5) is 8.78 Å². The maximum atomic E-state index is 13.8. The lowest BCUT2D eigenvalue weighted by molar-refractivity contribution is 0.570. The molecule has 4 heteroatoms. The molecule has 0 atom stereocenters. The van der Waals surface area contributed by atoms with Gasteiger partial charge in [-0.05, 0) is 31.2 Å². The fourth-order valence-electron chi connectivity index (χ4n) is 1.51. The Bertz CT molecular complexity index is 616. The van der Waals surface area contributed by atoms with Gasteiger partial charge >= 0.3 is 0 Å². The van der Waals surface area contributed by atoms with Gasteiger partial charge in [-0.25, -0.2) is 8.78 Å². The zero-order chi connectivity index (χ0) is 14.4. The first-order valence-electron chi connectivity index (χ1n) is 5.94. The summed E-state index contributed by atoms with van der Waals surface area (Å²) in [6.45, 7) is 5.36. The van der Waals surface area contributed by atoms with Gasteiger partial charge in [0, 0.05) is 17.3 Å². The highest BCUT2D eigenvalue weighted by Gasteiger charge is 2.12. The number of halogens is 2. The minimum absolute atomic E-state index is 0.0494. The third-order valence-corrected chi connectivity index (χ3v) is 2.49. The van der Waals surface area contributed by atoms with Crippen molar-refractivity contribution in [2.45, 2.75) is 20.8 Å². The van der Waals surface area contributed by atoms with Crippen molar-refractivity contribution in [3.05, 3.63) is 53.2 Å². The lowest BCUT2D eigenvalue weighted by atomic mass is 10.1. The minimum atomic E-state index is -0.646. The molecule has 19 heavy (non-hydrogen) atoms. The van der Waals surface area contributed by atoms with E-state index < -0.39 is 11.6 Å². The number of rotatable bonds is 1. The fraction of sp³-hybridized carbons (Fsp3) is 0.200. The predicted octanol–water partition coefficient (Wildman–Crippen LogP) is 4.23. The maximum Gasteiger partial charge on any atom is 0.138 e. The molecule has 2 rings (SSSR count). The zero-order valence-electron chi connectivity index (χ0n) is 11.0. The van der Waals surface area contributed by atoms with Crippen LogP contribution in [0.25, 0.3) is 11.3 Å². The first-order chi connectivity index (χ1) is 9.13. The third kappa shape index (κ3) is 3.14. The van der Waals surface area contributed by atoms with E-state index in [0.717, 1.165) is 0 Å². The van der Waals surface area contributed by atoms with Crippen molar-refractivity contribution in [1.82, 2.24) is 4.98 Å². The van der Waals surface area contributed by atoms with Gasteiger partial charge in [0.2, 0.25) is 0 Å². The molecule has 2 nitrogen and oxygen atoms in total. The van der Waals surface area contributed by atoms with Gasteiger partial charge in [-0.15, -0.1) is 0 Å². The number of benzene rings is 1. The van der Waals surface area contributed by atoms with Crippen molar-refractivity contribution >= 4 is 0 Å². The molecule has 0 saturated heterocycles. The molecule has 0 aliphatic carbocycles. The van der Waals surface area contributed by atoms with E-state index in [4.69, 9.17) is 5.26 Å². The van der Waals surface area contributed by atoms with E-state index in [0.29, 0.717) is 11.3 Å². The normalized spacial score (nSPS) is 9.26. The van der Waals surface area contributed by atoms with Crippen LogP contribution in [-0.4, -0.2) is 4.98 Å². The molecule has 1 heterocycles. The molecule has 0 spiro atoms. The summed E-state index contributed by atoms with van der Waals surface area (Å²) in [5.41, 5.74) is 0.855. The summed E-state index contributed by atoms with van der Waals surface area (Å²) >= 11 is 0.